The third-order valence-corrected chi connectivity index (χ3v) is 3.60. The highest BCUT2D eigenvalue weighted by atomic mass is 16.7. The molecule has 0 bridgehead atoms. The van der Waals surface area contributed by atoms with Crippen molar-refractivity contribution in [1.29, 1.82) is 0 Å². The van der Waals surface area contributed by atoms with Crippen molar-refractivity contribution in [2.45, 2.75) is 0 Å². The van der Waals surface area contributed by atoms with Gasteiger partial charge in [0.05, 0.1) is 17.2 Å². The van der Waals surface area contributed by atoms with Gasteiger partial charge in [-0.3, -0.25) is 0 Å². The lowest BCUT2D eigenvalue weighted by molar-refractivity contribution is -0.254. The van der Waals surface area contributed by atoms with Crippen LogP contribution in [0, 0.1) is 0 Å². The van der Waals surface area contributed by atoms with Crippen molar-refractivity contribution >= 4 is 16.9 Å². The Bertz CT molecular complexity index is 904. The SMILES string of the molecule is O=C([O-])c1cc(-c2ccc3c(c2)OCO3)nc2ccccc12. The quantitative estimate of drug-likeness (QED) is 0.722. The third kappa shape index (κ3) is 1.95. The summed E-state index contributed by atoms with van der Waals surface area (Å²) in [7, 11) is 0. The standard InChI is InChI=1S/C17H11NO4/c19-17(20)12-8-14(18-13-4-2-1-3-11(12)13)10-5-6-15-16(7-10)22-9-21-15/h1-8H,9H2,(H,19,20)/p-1. The predicted molar refractivity (Wildman–Crippen MR) is 77.6 cm³/mol. The minimum Gasteiger partial charge on any atom is -0.545 e. The molecule has 5 heteroatoms. The molecular weight excluding hydrogens is 282 g/mol. The number of para-hydroxylation sites is 1. The number of carbonyl (C=O) groups excluding carboxylic acids is 1. The lowest BCUT2D eigenvalue weighted by Gasteiger charge is -2.10. The molecule has 0 spiro atoms. The summed E-state index contributed by atoms with van der Waals surface area (Å²) < 4.78 is 10.6. The van der Waals surface area contributed by atoms with Gasteiger partial charge in [0.1, 0.15) is 0 Å². The number of pyridine rings is 1. The van der Waals surface area contributed by atoms with Gasteiger partial charge in [-0.05, 0) is 30.3 Å². The summed E-state index contributed by atoms with van der Waals surface area (Å²) in [5, 5.41) is 12.0. The Kier molecular flexibility index (Phi) is 2.72. The Balaban J connectivity index is 1.93. The summed E-state index contributed by atoms with van der Waals surface area (Å²) >= 11 is 0. The van der Waals surface area contributed by atoms with Crippen molar-refractivity contribution < 1.29 is 19.4 Å². The van der Waals surface area contributed by atoms with Crippen LogP contribution < -0.4 is 14.6 Å². The minimum atomic E-state index is -1.22. The van der Waals surface area contributed by atoms with Gasteiger partial charge in [0.15, 0.2) is 11.5 Å². The Morgan fingerprint density at radius 1 is 1.05 bits per heavy atom. The van der Waals surface area contributed by atoms with E-state index in [1.54, 1.807) is 30.3 Å². The number of fused-ring (bicyclic) bond motifs is 2. The zero-order chi connectivity index (χ0) is 15.1. The van der Waals surface area contributed by atoms with E-state index in [-0.39, 0.29) is 12.4 Å². The average molecular weight is 292 g/mol. The smallest absolute Gasteiger partial charge is 0.231 e. The maximum absolute atomic E-state index is 11.4. The van der Waals surface area contributed by atoms with E-state index in [0.29, 0.717) is 28.1 Å². The van der Waals surface area contributed by atoms with Crippen LogP contribution >= 0.6 is 0 Å². The number of aromatic nitrogens is 1. The molecule has 0 saturated carbocycles. The van der Waals surface area contributed by atoms with Crippen LogP contribution in [0.25, 0.3) is 22.2 Å². The average Bonchev–Trinajstić information content (AvgIpc) is 3.01. The summed E-state index contributed by atoms with van der Waals surface area (Å²) in [6, 6.07) is 14.0. The van der Waals surface area contributed by atoms with Gasteiger partial charge in [0.2, 0.25) is 6.79 Å². The van der Waals surface area contributed by atoms with E-state index >= 15 is 0 Å². The second kappa shape index (κ2) is 4.73. The summed E-state index contributed by atoms with van der Waals surface area (Å²) in [6.07, 6.45) is 0. The summed E-state index contributed by atoms with van der Waals surface area (Å²) in [5.41, 5.74) is 2.05. The number of nitrogens with zero attached hydrogens (tertiary/aromatic N) is 1. The van der Waals surface area contributed by atoms with Crippen LogP contribution in [0.4, 0.5) is 0 Å². The molecule has 3 aromatic rings. The van der Waals surface area contributed by atoms with E-state index in [9.17, 15) is 9.90 Å². The maximum Gasteiger partial charge on any atom is 0.231 e. The maximum atomic E-state index is 11.4. The summed E-state index contributed by atoms with van der Waals surface area (Å²) in [5.74, 6) is 0.0766. The molecule has 2 heterocycles. The van der Waals surface area contributed by atoms with Gasteiger partial charge in [0, 0.05) is 16.5 Å². The van der Waals surface area contributed by atoms with Crippen molar-refractivity contribution in [3.05, 3.63) is 54.1 Å². The second-order valence-electron chi connectivity index (χ2n) is 4.93. The number of hydrogen-bond acceptors (Lipinski definition) is 5. The van der Waals surface area contributed by atoms with Gasteiger partial charge in [-0.25, -0.2) is 4.98 Å². The van der Waals surface area contributed by atoms with Gasteiger partial charge in [-0.1, -0.05) is 18.2 Å². The molecule has 1 aliphatic rings. The summed E-state index contributed by atoms with van der Waals surface area (Å²) in [4.78, 5) is 15.9. The number of rotatable bonds is 2. The molecule has 0 atom stereocenters. The van der Waals surface area contributed by atoms with E-state index in [1.807, 2.05) is 12.1 Å². The highest BCUT2D eigenvalue weighted by molar-refractivity contribution is 6.02. The zero-order valence-electron chi connectivity index (χ0n) is 11.4. The summed E-state index contributed by atoms with van der Waals surface area (Å²) in [6.45, 7) is 0.189. The van der Waals surface area contributed by atoms with Gasteiger partial charge in [-0.15, -0.1) is 0 Å². The van der Waals surface area contributed by atoms with Crippen LogP contribution in [-0.2, 0) is 0 Å². The molecule has 0 amide bonds. The van der Waals surface area contributed by atoms with Crippen LogP contribution in [0.3, 0.4) is 0 Å². The molecule has 0 radical (unpaired) electrons. The molecule has 22 heavy (non-hydrogen) atoms. The number of carboxylic acid groups (broad SMARTS) is 1. The first-order valence-electron chi connectivity index (χ1n) is 6.73. The van der Waals surface area contributed by atoms with Crippen LogP contribution in [0.15, 0.2) is 48.5 Å². The van der Waals surface area contributed by atoms with Crippen molar-refractivity contribution in [2.24, 2.45) is 0 Å². The number of ether oxygens (including phenoxy) is 2. The molecule has 108 valence electrons. The fourth-order valence-corrected chi connectivity index (χ4v) is 2.55. The van der Waals surface area contributed by atoms with E-state index in [4.69, 9.17) is 9.47 Å². The molecule has 4 rings (SSSR count). The Morgan fingerprint density at radius 2 is 1.86 bits per heavy atom. The number of carboxylic acids is 1. The monoisotopic (exact) mass is 292 g/mol. The molecule has 0 saturated heterocycles. The lowest BCUT2D eigenvalue weighted by Crippen LogP contribution is -2.22. The fourth-order valence-electron chi connectivity index (χ4n) is 2.55. The molecule has 5 nitrogen and oxygen atoms in total. The topological polar surface area (TPSA) is 71.5 Å². The van der Waals surface area contributed by atoms with Crippen LogP contribution in [0.2, 0.25) is 0 Å². The van der Waals surface area contributed by atoms with Crippen molar-refractivity contribution in [3.8, 4) is 22.8 Å². The van der Waals surface area contributed by atoms with Crippen molar-refractivity contribution in [3.63, 3.8) is 0 Å². The Hall–Kier alpha value is -3.08. The minimum absolute atomic E-state index is 0.123. The van der Waals surface area contributed by atoms with Crippen molar-refractivity contribution in [2.75, 3.05) is 6.79 Å². The number of carbonyl (C=O) groups is 1. The molecule has 0 N–H and O–H groups in total. The lowest BCUT2D eigenvalue weighted by atomic mass is 10.0. The van der Waals surface area contributed by atoms with E-state index in [0.717, 1.165) is 5.56 Å². The predicted octanol–water partition coefficient (Wildman–Crippen LogP) is 1.99. The number of benzene rings is 2. The molecule has 0 aliphatic carbocycles. The highest BCUT2D eigenvalue weighted by Crippen LogP contribution is 2.36. The third-order valence-electron chi connectivity index (χ3n) is 3.60. The first kappa shape index (κ1) is 12.6. The number of hydrogen-bond donors (Lipinski definition) is 0. The molecule has 0 unspecified atom stereocenters. The second-order valence-corrected chi connectivity index (χ2v) is 4.93. The van der Waals surface area contributed by atoms with Crippen LogP contribution in [0.5, 0.6) is 11.5 Å². The first-order chi connectivity index (χ1) is 10.7. The molecule has 1 aromatic heterocycles. The van der Waals surface area contributed by atoms with Gasteiger partial charge < -0.3 is 19.4 Å². The van der Waals surface area contributed by atoms with Gasteiger partial charge in [0.25, 0.3) is 0 Å². The zero-order valence-corrected chi connectivity index (χ0v) is 11.4. The van der Waals surface area contributed by atoms with E-state index < -0.39 is 5.97 Å². The number of aromatic carboxylic acids is 1. The molecular formula is C17H10NO4-. The molecule has 0 fully saturated rings. The van der Waals surface area contributed by atoms with E-state index in [1.165, 1.54) is 6.07 Å². The Labute approximate surface area is 125 Å². The largest absolute Gasteiger partial charge is 0.545 e. The van der Waals surface area contributed by atoms with E-state index in [2.05, 4.69) is 4.98 Å². The van der Waals surface area contributed by atoms with Crippen LogP contribution in [0.1, 0.15) is 10.4 Å². The van der Waals surface area contributed by atoms with Gasteiger partial charge in [-0.2, -0.15) is 0 Å². The fraction of sp³-hybridized carbons (Fsp3) is 0.0588. The first-order valence-corrected chi connectivity index (χ1v) is 6.73. The molecule has 2 aromatic carbocycles. The van der Waals surface area contributed by atoms with Crippen molar-refractivity contribution in [1.82, 2.24) is 4.98 Å². The molecule has 1 aliphatic heterocycles. The van der Waals surface area contributed by atoms with Gasteiger partial charge >= 0.3 is 0 Å². The normalized spacial score (nSPS) is 12.5. The Morgan fingerprint density at radius 3 is 2.73 bits per heavy atom. The van der Waals surface area contributed by atoms with Crippen LogP contribution in [-0.4, -0.2) is 17.7 Å². The highest BCUT2D eigenvalue weighted by Gasteiger charge is 2.15.